The second-order valence-electron chi connectivity index (χ2n) is 7.61. The van der Waals surface area contributed by atoms with Gasteiger partial charge in [0.05, 0.1) is 0 Å². The zero-order valence-corrected chi connectivity index (χ0v) is 20.6. The van der Waals surface area contributed by atoms with E-state index in [0.29, 0.717) is 0 Å². The molecule has 0 unspecified atom stereocenters. The lowest BCUT2D eigenvalue weighted by Crippen LogP contribution is -2.52. The first kappa shape index (κ1) is 24.2. The molecule has 1 aromatic carbocycles. The molecule has 0 saturated carbocycles. The van der Waals surface area contributed by atoms with Crippen LogP contribution in [0.4, 0.5) is 5.69 Å². The highest BCUT2D eigenvalue weighted by Crippen LogP contribution is 2.23. The predicted molar refractivity (Wildman–Crippen MR) is 136 cm³/mol. The lowest BCUT2D eigenvalue weighted by molar-refractivity contribution is 0.372. The van der Waals surface area contributed by atoms with Gasteiger partial charge < -0.3 is 19.7 Å². The fourth-order valence-electron chi connectivity index (χ4n) is 3.82. The van der Waals surface area contributed by atoms with E-state index < -0.39 is 0 Å². The van der Waals surface area contributed by atoms with Crippen molar-refractivity contribution < 1.29 is 0 Å². The van der Waals surface area contributed by atoms with Crippen LogP contribution in [-0.4, -0.2) is 55.2 Å². The van der Waals surface area contributed by atoms with Crippen molar-refractivity contribution in [2.75, 3.05) is 44.7 Å². The third-order valence-corrected chi connectivity index (χ3v) is 5.72. The smallest absolute Gasteiger partial charge is 0.250 e. The minimum Gasteiger partial charge on any atom is -0.368 e. The molecule has 2 aromatic rings. The number of aromatic nitrogens is 1. The van der Waals surface area contributed by atoms with Crippen molar-refractivity contribution in [2.45, 2.75) is 33.2 Å². The summed E-state index contributed by atoms with van der Waals surface area (Å²) in [5.41, 5.74) is 4.14. The van der Waals surface area contributed by atoms with Crippen molar-refractivity contribution in [3.8, 4) is 0 Å². The van der Waals surface area contributed by atoms with Crippen LogP contribution in [0.2, 0.25) is 0 Å². The zero-order valence-electron chi connectivity index (χ0n) is 18.3. The Morgan fingerprint density at radius 3 is 2.50 bits per heavy atom. The fraction of sp³-hybridized carbons (Fsp3) is 0.478. The average Bonchev–Trinajstić information content (AvgIpc) is 2.74. The number of anilines is 1. The van der Waals surface area contributed by atoms with E-state index in [4.69, 9.17) is 0 Å². The summed E-state index contributed by atoms with van der Waals surface area (Å²) in [6, 6.07) is 11.8. The molecule has 2 heterocycles. The summed E-state index contributed by atoms with van der Waals surface area (Å²) < 4.78 is 1.77. The van der Waals surface area contributed by atoms with Gasteiger partial charge in [-0.3, -0.25) is 9.79 Å². The van der Waals surface area contributed by atoms with Crippen molar-refractivity contribution in [1.82, 2.24) is 14.8 Å². The van der Waals surface area contributed by atoms with Gasteiger partial charge in [0.15, 0.2) is 5.96 Å². The SMILES string of the molecule is CN=C(NCCCCn1ccccc1=O)N1CCN(c2cccc(C)c2C)CC1.I. The number of benzene rings is 1. The first-order valence-corrected chi connectivity index (χ1v) is 10.5. The maximum atomic E-state index is 11.7. The van der Waals surface area contributed by atoms with E-state index in [1.165, 1.54) is 16.8 Å². The number of piperazine rings is 1. The van der Waals surface area contributed by atoms with Crippen molar-refractivity contribution in [2.24, 2.45) is 4.99 Å². The highest BCUT2D eigenvalue weighted by molar-refractivity contribution is 14.0. The van der Waals surface area contributed by atoms with E-state index in [1.807, 2.05) is 19.3 Å². The van der Waals surface area contributed by atoms with Gasteiger partial charge in [0.2, 0.25) is 5.56 Å². The van der Waals surface area contributed by atoms with Crippen LogP contribution in [0.25, 0.3) is 0 Å². The van der Waals surface area contributed by atoms with Crippen LogP contribution in [0.1, 0.15) is 24.0 Å². The van der Waals surface area contributed by atoms with E-state index in [-0.39, 0.29) is 29.5 Å². The van der Waals surface area contributed by atoms with Gasteiger partial charge in [0.25, 0.3) is 0 Å². The Balaban J connectivity index is 0.00000320. The van der Waals surface area contributed by atoms with Crippen LogP contribution < -0.4 is 15.8 Å². The number of rotatable bonds is 6. The number of pyridine rings is 1. The van der Waals surface area contributed by atoms with Gasteiger partial charge in [-0.15, -0.1) is 24.0 Å². The number of unbranched alkanes of at least 4 members (excludes halogenated alkanes) is 1. The molecule has 6 nitrogen and oxygen atoms in total. The van der Waals surface area contributed by atoms with Gasteiger partial charge in [-0.05, 0) is 49.9 Å². The molecule has 1 fully saturated rings. The lowest BCUT2D eigenvalue weighted by Gasteiger charge is -2.38. The summed E-state index contributed by atoms with van der Waals surface area (Å²) in [6.07, 6.45) is 3.82. The third kappa shape index (κ3) is 6.23. The topological polar surface area (TPSA) is 52.9 Å². The number of hydrogen-bond donors (Lipinski definition) is 1. The minimum absolute atomic E-state index is 0. The maximum Gasteiger partial charge on any atom is 0.250 e. The normalized spacial score (nSPS) is 14.4. The molecule has 1 aromatic heterocycles. The Hall–Kier alpha value is -2.03. The van der Waals surface area contributed by atoms with E-state index in [9.17, 15) is 4.79 Å². The van der Waals surface area contributed by atoms with E-state index in [2.05, 4.69) is 52.2 Å². The Bertz CT molecular complexity index is 887. The molecule has 1 aliphatic rings. The lowest BCUT2D eigenvalue weighted by atomic mass is 10.1. The Morgan fingerprint density at radius 2 is 1.80 bits per heavy atom. The van der Waals surface area contributed by atoms with Crippen LogP contribution in [0.3, 0.4) is 0 Å². The molecule has 0 aliphatic carbocycles. The number of hydrogen-bond acceptors (Lipinski definition) is 3. The predicted octanol–water partition coefficient (Wildman–Crippen LogP) is 3.26. The average molecular weight is 523 g/mol. The summed E-state index contributed by atoms with van der Waals surface area (Å²) >= 11 is 0. The third-order valence-electron chi connectivity index (χ3n) is 5.72. The number of aryl methyl sites for hydroxylation is 2. The Morgan fingerprint density at radius 1 is 1.03 bits per heavy atom. The molecule has 0 spiro atoms. The van der Waals surface area contributed by atoms with Crippen LogP contribution in [0, 0.1) is 13.8 Å². The van der Waals surface area contributed by atoms with Crippen molar-refractivity contribution in [1.29, 1.82) is 0 Å². The summed E-state index contributed by atoms with van der Waals surface area (Å²) in [5.74, 6) is 0.975. The van der Waals surface area contributed by atoms with Gasteiger partial charge in [-0.2, -0.15) is 0 Å². The number of aliphatic imine (C=N–C) groups is 1. The molecule has 0 atom stereocenters. The molecule has 0 amide bonds. The molecular formula is C23H34IN5O. The van der Waals surface area contributed by atoms with Crippen molar-refractivity contribution >= 4 is 35.6 Å². The largest absolute Gasteiger partial charge is 0.368 e. The summed E-state index contributed by atoms with van der Waals surface area (Å²) in [5, 5.41) is 3.49. The fourth-order valence-corrected chi connectivity index (χ4v) is 3.82. The molecule has 1 N–H and O–H groups in total. The number of nitrogens with one attached hydrogen (secondary N) is 1. The molecule has 3 rings (SSSR count). The van der Waals surface area contributed by atoms with Gasteiger partial charge >= 0.3 is 0 Å². The van der Waals surface area contributed by atoms with Crippen LogP contribution in [0.15, 0.2) is 52.4 Å². The maximum absolute atomic E-state index is 11.7. The molecule has 0 radical (unpaired) electrons. The van der Waals surface area contributed by atoms with Gasteiger partial charge in [-0.1, -0.05) is 18.2 Å². The first-order chi connectivity index (χ1) is 14.1. The number of guanidine groups is 1. The minimum atomic E-state index is 0. The van der Waals surface area contributed by atoms with Gasteiger partial charge in [-0.25, -0.2) is 0 Å². The molecule has 7 heteroatoms. The molecule has 1 saturated heterocycles. The Kier molecular flexibility index (Phi) is 9.68. The molecule has 30 heavy (non-hydrogen) atoms. The van der Waals surface area contributed by atoms with Crippen LogP contribution in [-0.2, 0) is 6.54 Å². The monoisotopic (exact) mass is 523 g/mol. The second-order valence-corrected chi connectivity index (χ2v) is 7.61. The zero-order chi connectivity index (χ0) is 20.6. The van der Waals surface area contributed by atoms with E-state index >= 15 is 0 Å². The molecule has 0 bridgehead atoms. The second kappa shape index (κ2) is 12.0. The summed E-state index contributed by atoms with van der Waals surface area (Å²) in [7, 11) is 1.85. The summed E-state index contributed by atoms with van der Waals surface area (Å²) in [6.45, 7) is 9.94. The van der Waals surface area contributed by atoms with Gasteiger partial charge in [0, 0.05) is 64.3 Å². The quantitative estimate of drug-likeness (QED) is 0.274. The molecule has 164 valence electrons. The van der Waals surface area contributed by atoms with E-state index in [0.717, 1.165) is 58.1 Å². The highest BCUT2D eigenvalue weighted by atomic mass is 127. The Labute approximate surface area is 197 Å². The summed E-state index contributed by atoms with van der Waals surface area (Å²) in [4.78, 5) is 21.0. The van der Waals surface area contributed by atoms with Crippen molar-refractivity contribution in [3.63, 3.8) is 0 Å². The van der Waals surface area contributed by atoms with Crippen LogP contribution in [0.5, 0.6) is 0 Å². The first-order valence-electron chi connectivity index (χ1n) is 10.5. The van der Waals surface area contributed by atoms with E-state index in [1.54, 1.807) is 16.7 Å². The van der Waals surface area contributed by atoms with Crippen molar-refractivity contribution in [3.05, 3.63) is 64.1 Å². The number of nitrogens with zero attached hydrogens (tertiary/aromatic N) is 4. The molecular weight excluding hydrogens is 489 g/mol. The van der Waals surface area contributed by atoms with Gasteiger partial charge in [0.1, 0.15) is 0 Å². The number of halogens is 1. The standard InChI is InChI=1S/C23H33N5O.HI/c1-19-9-8-10-21(20(19)2)26-15-17-28(18-16-26)23(24-3)25-12-5-7-14-27-13-6-4-11-22(27)29;/h4,6,8-11,13H,5,7,12,14-18H2,1-3H3,(H,24,25);1H. The highest BCUT2D eigenvalue weighted by Gasteiger charge is 2.20. The van der Waals surface area contributed by atoms with Crippen LogP contribution >= 0.6 is 24.0 Å². The molecule has 1 aliphatic heterocycles.